The molecule has 3 aromatic carbocycles. The lowest BCUT2D eigenvalue weighted by molar-refractivity contribution is 0.102. The maximum Gasteiger partial charge on any atom is 0.257 e. The van der Waals surface area contributed by atoms with E-state index in [0.717, 1.165) is 5.56 Å². The number of piperazine rings is 1. The average Bonchev–Trinajstić information content (AvgIpc) is 2.84. The van der Waals surface area contributed by atoms with Crippen LogP contribution in [0.15, 0.2) is 77.7 Å². The highest BCUT2D eigenvalue weighted by atomic mass is 32.2. The van der Waals surface area contributed by atoms with Crippen LogP contribution in [0.1, 0.15) is 26.3 Å². The third-order valence-electron chi connectivity index (χ3n) is 5.89. The summed E-state index contributed by atoms with van der Waals surface area (Å²) in [6, 6.07) is 20.1. The van der Waals surface area contributed by atoms with Gasteiger partial charge >= 0.3 is 0 Å². The molecular formula is C26H28N4O4S. The SMILES string of the molecule is Cc1cccc(NC(=O)c2ccccc2NC(=O)c2cccc(S(=O)(=O)N3CCN(C)CC3)c2)c1. The summed E-state index contributed by atoms with van der Waals surface area (Å²) in [5.74, 6) is -0.867. The number of carbonyl (C=O) groups excluding carboxylic acids is 2. The largest absolute Gasteiger partial charge is 0.322 e. The zero-order valence-corrected chi connectivity index (χ0v) is 20.5. The molecule has 3 aromatic rings. The molecular weight excluding hydrogens is 464 g/mol. The second-order valence-electron chi connectivity index (χ2n) is 8.56. The van der Waals surface area contributed by atoms with Gasteiger partial charge in [-0.3, -0.25) is 9.59 Å². The molecule has 0 atom stereocenters. The van der Waals surface area contributed by atoms with Crippen LogP contribution in [0.5, 0.6) is 0 Å². The summed E-state index contributed by atoms with van der Waals surface area (Å²) in [6.07, 6.45) is 0. The number of carbonyl (C=O) groups is 2. The number of benzene rings is 3. The number of amides is 2. The van der Waals surface area contributed by atoms with Gasteiger partial charge in [-0.05, 0) is 62.0 Å². The standard InChI is InChI=1S/C26H28N4O4S/c1-19-7-5-9-21(17-19)27-26(32)23-11-3-4-12-24(23)28-25(31)20-8-6-10-22(18-20)35(33,34)30-15-13-29(2)14-16-30/h3-12,17-18H,13-16H2,1-2H3,(H,27,32)(H,28,31). The van der Waals surface area contributed by atoms with Crippen molar-refractivity contribution >= 4 is 33.2 Å². The van der Waals surface area contributed by atoms with Crippen molar-refractivity contribution in [1.82, 2.24) is 9.21 Å². The highest BCUT2D eigenvalue weighted by molar-refractivity contribution is 7.89. The van der Waals surface area contributed by atoms with Crippen molar-refractivity contribution in [2.45, 2.75) is 11.8 Å². The third-order valence-corrected chi connectivity index (χ3v) is 7.79. The molecule has 0 aliphatic carbocycles. The van der Waals surface area contributed by atoms with Crippen molar-refractivity contribution in [1.29, 1.82) is 0 Å². The van der Waals surface area contributed by atoms with E-state index in [4.69, 9.17) is 0 Å². The van der Waals surface area contributed by atoms with Gasteiger partial charge in [0.25, 0.3) is 11.8 Å². The Balaban J connectivity index is 1.52. The number of aryl methyl sites for hydroxylation is 1. The fraction of sp³-hybridized carbons (Fsp3) is 0.231. The molecule has 0 spiro atoms. The minimum Gasteiger partial charge on any atom is -0.322 e. The van der Waals surface area contributed by atoms with Gasteiger partial charge in [0.2, 0.25) is 10.0 Å². The predicted molar refractivity (Wildman–Crippen MR) is 136 cm³/mol. The number of likely N-dealkylation sites (N-methyl/N-ethyl adjacent to an activating group) is 1. The number of rotatable bonds is 6. The van der Waals surface area contributed by atoms with Crippen LogP contribution >= 0.6 is 0 Å². The van der Waals surface area contributed by atoms with Gasteiger partial charge in [-0.2, -0.15) is 4.31 Å². The summed E-state index contributed by atoms with van der Waals surface area (Å²) in [5.41, 5.74) is 2.47. The Morgan fingerprint density at radius 3 is 2.26 bits per heavy atom. The topological polar surface area (TPSA) is 98.8 Å². The first kappa shape index (κ1) is 24.6. The molecule has 9 heteroatoms. The van der Waals surface area contributed by atoms with Crippen LogP contribution in [-0.4, -0.2) is 62.7 Å². The van der Waals surface area contributed by atoms with Gasteiger partial charge in [-0.1, -0.05) is 30.3 Å². The van der Waals surface area contributed by atoms with Crippen LogP contribution in [0.3, 0.4) is 0 Å². The Hall–Kier alpha value is -3.53. The molecule has 0 bridgehead atoms. The first-order chi connectivity index (χ1) is 16.7. The van der Waals surface area contributed by atoms with Gasteiger partial charge in [0.15, 0.2) is 0 Å². The number of hydrogen-bond donors (Lipinski definition) is 2. The average molecular weight is 493 g/mol. The number of nitrogens with zero attached hydrogens (tertiary/aromatic N) is 2. The van der Waals surface area contributed by atoms with Gasteiger partial charge in [0.05, 0.1) is 16.1 Å². The van der Waals surface area contributed by atoms with E-state index >= 15 is 0 Å². The lowest BCUT2D eigenvalue weighted by Gasteiger charge is -2.31. The molecule has 35 heavy (non-hydrogen) atoms. The van der Waals surface area contributed by atoms with Crippen LogP contribution in [-0.2, 0) is 10.0 Å². The first-order valence-electron chi connectivity index (χ1n) is 11.3. The van der Waals surface area contributed by atoms with Crippen LogP contribution in [0, 0.1) is 6.92 Å². The zero-order chi connectivity index (χ0) is 25.0. The van der Waals surface area contributed by atoms with Crippen LogP contribution in [0.25, 0.3) is 0 Å². The third kappa shape index (κ3) is 5.76. The molecule has 0 aromatic heterocycles. The van der Waals surface area contributed by atoms with Crippen molar-refractivity contribution in [3.8, 4) is 0 Å². The van der Waals surface area contributed by atoms with E-state index in [1.165, 1.54) is 16.4 Å². The summed E-state index contributed by atoms with van der Waals surface area (Å²) >= 11 is 0. The molecule has 0 unspecified atom stereocenters. The summed E-state index contributed by atoms with van der Waals surface area (Å²) in [4.78, 5) is 28.1. The van der Waals surface area contributed by atoms with Crippen molar-refractivity contribution in [3.63, 3.8) is 0 Å². The fourth-order valence-corrected chi connectivity index (χ4v) is 5.35. The van der Waals surface area contributed by atoms with Gasteiger partial charge < -0.3 is 15.5 Å². The molecule has 1 heterocycles. The highest BCUT2D eigenvalue weighted by Crippen LogP contribution is 2.22. The molecule has 0 saturated carbocycles. The first-order valence-corrected chi connectivity index (χ1v) is 12.8. The number of nitrogens with one attached hydrogen (secondary N) is 2. The summed E-state index contributed by atoms with van der Waals surface area (Å²) in [7, 11) is -1.76. The van der Waals surface area contributed by atoms with Crippen molar-refractivity contribution in [3.05, 3.63) is 89.5 Å². The molecule has 8 nitrogen and oxygen atoms in total. The van der Waals surface area contributed by atoms with Crippen LogP contribution in [0.4, 0.5) is 11.4 Å². The van der Waals surface area contributed by atoms with Crippen LogP contribution in [0.2, 0.25) is 0 Å². The van der Waals surface area contributed by atoms with E-state index in [0.29, 0.717) is 43.1 Å². The van der Waals surface area contributed by atoms with Gasteiger partial charge in [-0.25, -0.2) is 8.42 Å². The van der Waals surface area contributed by atoms with Gasteiger partial charge in [-0.15, -0.1) is 0 Å². The molecule has 182 valence electrons. The minimum atomic E-state index is -3.71. The molecule has 1 aliphatic rings. The Morgan fingerprint density at radius 1 is 0.800 bits per heavy atom. The lowest BCUT2D eigenvalue weighted by atomic mass is 10.1. The molecule has 2 amide bonds. The maximum absolute atomic E-state index is 13.1. The Labute approximate surface area is 205 Å². The van der Waals surface area contributed by atoms with E-state index in [9.17, 15) is 18.0 Å². The molecule has 1 aliphatic heterocycles. The predicted octanol–water partition coefficient (Wildman–Crippen LogP) is 3.44. The molecule has 1 saturated heterocycles. The quantitative estimate of drug-likeness (QED) is 0.549. The van der Waals surface area contributed by atoms with Gasteiger partial charge in [0.1, 0.15) is 0 Å². The normalized spacial score (nSPS) is 14.9. The summed E-state index contributed by atoms with van der Waals surface area (Å²) < 4.78 is 27.6. The van der Waals surface area contributed by atoms with E-state index in [2.05, 4.69) is 15.5 Å². The number of sulfonamides is 1. The number of hydrogen-bond acceptors (Lipinski definition) is 5. The van der Waals surface area contributed by atoms with E-state index in [1.807, 2.05) is 32.2 Å². The van der Waals surface area contributed by atoms with E-state index in [1.54, 1.807) is 42.5 Å². The Kier molecular flexibility index (Phi) is 7.30. The Bertz CT molecular complexity index is 1350. The van der Waals surface area contributed by atoms with E-state index in [-0.39, 0.29) is 16.4 Å². The summed E-state index contributed by atoms with van der Waals surface area (Å²) in [5, 5.41) is 5.60. The Morgan fingerprint density at radius 2 is 1.51 bits per heavy atom. The second-order valence-corrected chi connectivity index (χ2v) is 10.5. The monoisotopic (exact) mass is 492 g/mol. The minimum absolute atomic E-state index is 0.0696. The number of anilines is 2. The summed E-state index contributed by atoms with van der Waals surface area (Å²) in [6.45, 7) is 4.04. The molecule has 2 N–H and O–H groups in total. The fourth-order valence-electron chi connectivity index (χ4n) is 3.88. The smallest absolute Gasteiger partial charge is 0.257 e. The molecule has 4 rings (SSSR count). The van der Waals surface area contributed by atoms with Crippen LogP contribution < -0.4 is 10.6 Å². The highest BCUT2D eigenvalue weighted by Gasteiger charge is 2.28. The van der Waals surface area contributed by atoms with E-state index < -0.39 is 15.9 Å². The van der Waals surface area contributed by atoms with Crippen molar-refractivity contribution < 1.29 is 18.0 Å². The van der Waals surface area contributed by atoms with Crippen molar-refractivity contribution in [2.75, 3.05) is 43.9 Å². The van der Waals surface area contributed by atoms with Crippen molar-refractivity contribution in [2.24, 2.45) is 0 Å². The second kappa shape index (κ2) is 10.4. The molecule has 1 fully saturated rings. The zero-order valence-electron chi connectivity index (χ0n) is 19.7. The van der Waals surface area contributed by atoms with Gasteiger partial charge in [0, 0.05) is 37.4 Å². The maximum atomic E-state index is 13.1. The number of para-hydroxylation sites is 1. The molecule has 0 radical (unpaired) electrons. The lowest BCUT2D eigenvalue weighted by Crippen LogP contribution is -2.47.